The molecule has 0 fully saturated rings. The number of aromatic nitrogens is 3. The molecule has 0 bridgehead atoms. The molecule has 2 aromatic heterocycles. The zero-order valence-electron chi connectivity index (χ0n) is 23.6. The molecular formula is C34H29N5O4. The van der Waals surface area contributed by atoms with Gasteiger partial charge in [0.25, 0.3) is 17.7 Å². The van der Waals surface area contributed by atoms with Crippen molar-refractivity contribution >= 4 is 28.6 Å². The van der Waals surface area contributed by atoms with Crippen LogP contribution in [-0.2, 0) is 0 Å². The molecule has 1 unspecified atom stereocenters. The van der Waals surface area contributed by atoms with Gasteiger partial charge < -0.3 is 10.1 Å². The van der Waals surface area contributed by atoms with Crippen molar-refractivity contribution in [2.24, 2.45) is 0 Å². The van der Waals surface area contributed by atoms with Gasteiger partial charge in [0.2, 0.25) is 0 Å². The maximum atomic E-state index is 14.1. The van der Waals surface area contributed by atoms with Crippen LogP contribution in [0.4, 0.5) is 0 Å². The van der Waals surface area contributed by atoms with Crippen LogP contribution in [-0.4, -0.2) is 50.7 Å². The van der Waals surface area contributed by atoms with Crippen LogP contribution >= 0.6 is 0 Å². The number of hydrogen-bond acceptors (Lipinski definition) is 7. The number of benzene rings is 3. The second-order valence-corrected chi connectivity index (χ2v) is 10.1. The Morgan fingerprint density at radius 3 is 2.14 bits per heavy atom. The molecule has 0 aliphatic carbocycles. The van der Waals surface area contributed by atoms with Crippen molar-refractivity contribution < 1.29 is 19.1 Å². The summed E-state index contributed by atoms with van der Waals surface area (Å²) in [6.07, 6.45) is 3.81. The first-order chi connectivity index (χ1) is 21.1. The standard InChI is InChI=1S/C34H29N5O4/c1-2-25(22-12-5-3-6-13-22)38-32(40)27-24-16-9-10-17-26(24)37-28(23-14-7-4-8-15-23)31(27)43-21-11-20-39-33(41)29-30(34(39)42)36-19-18-35-29/h3-10,12-19,25H,2,11,20-21H2,1H3,(H,38,40). The van der Waals surface area contributed by atoms with Crippen LogP contribution in [0.2, 0.25) is 0 Å². The van der Waals surface area contributed by atoms with Crippen molar-refractivity contribution in [1.82, 2.24) is 25.2 Å². The molecule has 0 saturated heterocycles. The molecule has 3 aromatic carbocycles. The molecule has 0 saturated carbocycles. The minimum absolute atomic E-state index is 0.0568. The molecule has 5 aromatic rings. The lowest BCUT2D eigenvalue weighted by Crippen LogP contribution is -2.32. The van der Waals surface area contributed by atoms with Gasteiger partial charge in [-0.1, -0.05) is 85.8 Å². The number of para-hydroxylation sites is 1. The smallest absolute Gasteiger partial charge is 0.281 e. The number of nitrogens with zero attached hydrogens (tertiary/aromatic N) is 4. The highest BCUT2D eigenvalue weighted by Crippen LogP contribution is 2.37. The summed E-state index contributed by atoms with van der Waals surface area (Å²) in [6, 6.07) is 26.7. The van der Waals surface area contributed by atoms with Crippen LogP contribution in [0.1, 0.15) is 62.7 Å². The zero-order chi connectivity index (χ0) is 29.8. The lowest BCUT2D eigenvalue weighted by Gasteiger charge is -2.22. The van der Waals surface area contributed by atoms with Crippen molar-refractivity contribution in [3.05, 3.63) is 120 Å². The van der Waals surface area contributed by atoms with E-state index in [4.69, 9.17) is 9.72 Å². The summed E-state index contributed by atoms with van der Waals surface area (Å²) in [7, 11) is 0. The number of amides is 3. The molecule has 6 rings (SSSR count). The van der Waals surface area contributed by atoms with Gasteiger partial charge in [0.05, 0.1) is 23.7 Å². The predicted octanol–water partition coefficient (Wildman–Crippen LogP) is 5.64. The Morgan fingerprint density at radius 2 is 1.47 bits per heavy atom. The summed E-state index contributed by atoms with van der Waals surface area (Å²) < 4.78 is 6.38. The number of imide groups is 1. The van der Waals surface area contributed by atoms with Gasteiger partial charge >= 0.3 is 0 Å². The van der Waals surface area contributed by atoms with E-state index < -0.39 is 11.8 Å². The molecule has 1 aliphatic rings. The third kappa shape index (κ3) is 5.44. The molecule has 43 heavy (non-hydrogen) atoms. The monoisotopic (exact) mass is 571 g/mol. The number of nitrogens with one attached hydrogen (secondary N) is 1. The molecule has 9 heteroatoms. The summed E-state index contributed by atoms with van der Waals surface area (Å²) in [5, 5.41) is 3.87. The fourth-order valence-electron chi connectivity index (χ4n) is 5.29. The first-order valence-electron chi connectivity index (χ1n) is 14.2. The second kappa shape index (κ2) is 12.2. The molecule has 0 radical (unpaired) electrons. The largest absolute Gasteiger partial charge is 0.490 e. The Kier molecular flexibility index (Phi) is 7.86. The Labute approximate surface area is 248 Å². The van der Waals surface area contributed by atoms with Gasteiger partial charge in [0.1, 0.15) is 5.69 Å². The fourth-order valence-corrected chi connectivity index (χ4v) is 5.29. The van der Waals surface area contributed by atoms with E-state index in [0.717, 1.165) is 16.0 Å². The first-order valence-corrected chi connectivity index (χ1v) is 14.2. The SMILES string of the molecule is CCC(NC(=O)c1c(OCCCN2C(=O)c3nccnc3C2=O)c(-c2ccccc2)nc2ccccc12)c1ccccc1. The minimum Gasteiger partial charge on any atom is -0.490 e. The molecule has 214 valence electrons. The number of fused-ring (bicyclic) bond motifs is 2. The van der Waals surface area contributed by atoms with E-state index in [1.165, 1.54) is 12.4 Å². The van der Waals surface area contributed by atoms with Gasteiger partial charge in [-0.2, -0.15) is 0 Å². The van der Waals surface area contributed by atoms with Crippen LogP contribution < -0.4 is 10.1 Å². The van der Waals surface area contributed by atoms with Gasteiger partial charge in [0.15, 0.2) is 17.1 Å². The molecular weight excluding hydrogens is 542 g/mol. The van der Waals surface area contributed by atoms with E-state index in [2.05, 4.69) is 15.3 Å². The number of hydrogen-bond donors (Lipinski definition) is 1. The summed E-state index contributed by atoms with van der Waals surface area (Å²) in [6.45, 7) is 2.27. The van der Waals surface area contributed by atoms with Crippen LogP contribution in [0.5, 0.6) is 5.75 Å². The van der Waals surface area contributed by atoms with Crippen molar-refractivity contribution in [3.63, 3.8) is 0 Å². The number of rotatable bonds is 10. The average molecular weight is 572 g/mol. The van der Waals surface area contributed by atoms with Crippen LogP contribution in [0.15, 0.2) is 97.3 Å². The molecule has 3 amide bonds. The van der Waals surface area contributed by atoms with E-state index in [1.54, 1.807) is 0 Å². The molecule has 1 N–H and O–H groups in total. The normalized spacial score (nSPS) is 13.2. The Bertz CT molecular complexity index is 1780. The lowest BCUT2D eigenvalue weighted by atomic mass is 10.00. The van der Waals surface area contributed by atoms with Gasteiger partial charge in [0, 0.05) is 29.9 Å². The van der Waals surface area contributed by atoms with E-state index in [1.807, 2.05) is 91.9 Å². The highest BCUT2D eigenvalue weighted by Gasteiger charge is 2.37. The summed E-state index contributed by atoms with van der Waals surface area (Å²) in [5.41, 5.74) is 3.50. The summed E-state index contributed by atoms with van der Waals surface area (Å²) in [5.74, 6) is -0.885. The van der Waals surface area contributed by atoms with Crippen LogP contribution in [0.25, 0.3) is 22.2 Å². The maximum absolute atomic E-state index is 14.1. The summed E-state index contributed by atoms with van der Waals surface area (Å²) in [4.78, 5) is 53.7. The van der Waals surface area contributed by atoms with E-state index in [-0.39, 0.29) is 36.5 Å². The number of carbonyl (C=O) groups is 3. The van der Waals surface area contributed by atoms with Gasteiger partial charge in [-0.15, -0.1) is 0 Å². The highest BCUT2D eigenvalue weighted by molar-refractivity contribution is 6.19. The van der Waals surface area contributed by atoms with Crippen LogP contribution in [0.3, 0.4) is 0 Å². The number of pyridine rings is 1. The van der Waals surface area contributed by atoms with Gasteiger partial charge in [-0.3, -0.25) is 19.3 Å². The Balaban J connectivity index is 1.33. The lowest BCUT2D eigenvalue weighted by molar-refractivity contribution is 0.0643. The number of ether oxygens (including phenoxy) is 1. The molecule has 1 atom stereocenters. The Hall–Kier alpha value is -5.44. The first kappa shape index (κ1) is 27.7. The molecule has 3 heterocycles. The van der Waals surface area contributed by atoms with Crippen LogP contribution in [0, 0.1) is 0 Å². The molecule has 9 nitrogen and oxygen atoms in total. The quantitative estimate of drug-likeness (QED) is 0.170. The van der Waals surface area contributed by atoms with Crippen molar-refractivity contribution in [3.8, 4) is 17.0 Å². The van der Waals surface area contributed by atoms with E-state index in [9.17, 15) is 14.4 Å². The maximum Gasteiger partial charge on any atom is 0.281 e. The summed E-state index contributed by atoms with van der Waals surface area (Å²) >= 11 is 0. The van der Waals surface area contributed by atoms with Gasteiger partial charge in [-0.05, 0) is 24.5 Å². The minimum atomic E-state index is -0.475. The average Bonchev–Trinajstić information content (AvgIpc) is 3.30. The fraction of sp³-hybridized carbons (Fsp3) is 0.176. The third-order valence-electron chi connectivity index (χ3n) is 7.40. The third-order valence-corrected chi connectivity index (χ3v) is 7.40. The Morgan fingerprint density at radius 1 is 0.837 bits per heavy atom. The topological polar surface area (TPSA) is 114 Å². The second-order valence-electron chi connectivity index (χ2n) is 10.1. The van der Waals surface area contributed by atoms with E-state index in [0.29, 0.717) is 40.8 Å². The zero-order valence-corrected chi connectivity index (χ0v) is 23.6. The van der Waals surface area contributed by atoms with Crippen molar-refractivity contribution in [2.75, 3.05) is 13.2 Å². The van der Waals surface area contributed by atoms with E-state index >= 15 is 0 Å². The predicted molar refractivity (Wildman–Crippen MR) is 162 cm³/mol. The highest BCUT2D eigenvalue weighted by atomic mass is 16.5. The van der Waals surface area contributed by atoms with Gasteiger partial charge in [-0.25, -0.2) is 15.0 Å². The molecule has 1 aliphatic heterocycles. The van der Waals surface area contributed by atoms with Crippen molar-refractivity contribution in [1.29, 1.82) is 0 Å². The van der Waals surface area contributed by atoms with Crippen molar-refractivity contribution in [2.45, 2.75) is 25.8 Å². The number of carbonyl (C=O) groups excluding carboxylic acids is 3. The molecule has 0 spiro atoms.